The van der Waals surface area contributed by atoms with Crippen molar-refractivity contribution in [2.24, 2.45) is 5.92 Å². The lowest BCUT2D eigenvalue weighted by atomic mass is 10.1. The van der Waals surface area contributed by atoms with E-state index in [2.05, 4.69) is 20.7 Å². The molecule has 0 saturated heterocycles. The average molecular weight is 378 g/mol. The van der Waals surface area contributed by atoms with Crippen LogP contribution in [0.25, 0.3) is 0 Å². The fraction of sp³-hybridized carbons (Fsp3) is 0.500. The van der Waals surface area contributed by atoms with Crippen molar-refractivity contribution < 1.29 is 18.3 Å². The van der Waals surface area contributed by atoms with Crippen molar-refractivity contribution in [3.05, 3.63) is 27.7 Å². The predicted octanol–water partition coefficient (Wildman–Crippen LogP) is 3.17. The molecular weight excluding hydrogens is 358 g/mol. The summed E-state index contributed by atoms with van der Waals surface area (Å²) in [5.74, 6) is -0.789. The van der Waals surface area contributed by atoms with Crippen LogP contribution in [0.4, 0.5) is 0 Å². The van der Waals surface area contributed by atoms with Gasteiger partial charge in [-0.2, -0.15) is 0 Å². The van der Waals surface area contributed by atoms with Crippen LogP contribution in [0, 0.1) is 12.8 Å². The molecule has 1 aromatic carbocycles. The van der Waals surface area contributed by atoms with Gasteiger partial charge in [-0.3, -0.25) is 0 Å². The van der Waals surface area contributed by atoms with Gasteiger partial charge in [0.25, 0.3) is 0 Å². The summed E-state index contributed by atoms with van der Waals surface area (Å²) in [6.07, 6.45) is 0.706. The van der Waals surface area contributed by atoms with Crippen LogP contribution in [-0.4, -0.2) is 25.5 Å². The van der Waals surface area contributed by atoms with Gasteiger partial charge in [-0.05, 0) is 43.9 Å². The van der Waals surface area contributed by atoms with Gasteiger partial charge in [-0.15, -0.1) is 0 Å². The van der Waals surface area contributed by atoms with Gasteiger partial charge >= 0.3 is 5.97 Å². The number of rotatable bonds is 6. The Balaban J connectivity index is 3.17. The molecule has 118 valence electrons. The smallest absolute Gasteiger partial charge is 0.336 e. The fourth-order valence-corrected chi connectivity index (χ4v) is 4.04. The maximum Gasteiger partial charge on any atom is 0.336 e. The largest absolute Gasteiger partial charge is 0.478 e. The van der Waals surface area contributed by atoms with Gasteiger partial charge in [-0.1, -0.05) is 29.8 Å². The lowest BCUT2D eigenvalue weighted by Gasteiger charge is -2.17. The number of aromatic carboxylic acids is 1. The Labute approximate surface area is 133 Å². The monoisotopic (exact) mass is 377 g/mol. The lowest BCUT2D eigenvalue weighted by molar-refractivity contribution is 0.0695. The first-order chi connectivity index (χ1) is 9.54. The SMILES string of the molecule is Cc1c(Br)cc(S(=O)(=O)NC(C)CC(C)C)cc1C(=O)O. The predicted molar refractivity (Wildman–Crippen MR) is 85.1 cm³/mol. The molecule has 1 rings (SSSR count). The molecule has 0 fully saturated rings. The third kappa shape index (κ3) is 4.79. The van der Waals surface area contributed by atoms with E-state index in [1.54, 1.807) is 13.8 Å². The summed E-state index contributed by atoms with van der Waals surface area (Å²) in [6, 6.07) is 2.39. The number of nitrogens with one attached hydrogen (secondary N) is 1. The number of carbonyl (C=O) groups is 1. The number of benzene rings is 1. The van der Waals surface area contributed by atoms with E-state index < -0.39 is 16.0 Å². The van der Waals surface area contributed by atoms with Crippen LogP contribution in [0.15, 0.2) is 21.5 Å². The molecule has 0 aliphatic carbocycles. The van der Waals surface area contributed by atoms with E-state index in [4.69, 9.17) is 5.11 Å². The quantitative estimate of drug-likeness (QED) is 0.797. The zero-order valence-electron chi connectivity index (χ0n) is 12.5. The van der Waals surface area contributed by atoms with Gasteiger partial charge in [0.1, 0.15) is 0 Å². The van der Waals surface area contributed by atoms with Crippen molar-refractivity contribution in [3.63, 3.8) is 0 Å². The van der Waals surface area contributed by atoms with Crippen LogP contribution < -0.4 is 4.72 Å². The second kappa shape index (κ2) is 6.89. The van der Waals surface area contributed by atoms with E-state index in [-0.39, 0.29) is 16.5 Å². The van der Waals surface area contributed by atoms with E-state index in [1.807, 2.05) is 13.8 Å². The molecule has 0 saturated carbocycles. The molecule has 0 aliphatic rings. The minimum absolute atomic E-state index is 0.0266. The van der Waals surface area contributed by atoms with Crippen LogP contribution in [0.2, 0.25) is 0 Å². The standard InChI is InChI=1S/C14H20BrNO4S/c1-8(2)5-9(3)16-21(19,20)11-6-12(14(17)18)10(4)13(15)7-11/h6-9,16H,5H2,1-4H3,(H,17,18). The van der Waals surface area contributed by atoms with Crippen LogP contribution in [0.1, 0.15) is 43.1 Å². The Hall–Kier alpha value is -0.920. The molecule has 21 heavy (non-hydrogen) atoms. The molecule has 0 bridgehead atoms. The average Bonchev–Trinajstić information content (AvgIpc) is 2.29. The molecule has 0 aliphatic heterocycles. The highest BCUT2D eigenvalue weighted by molar-refractivity contribution is 9.10. The number of hydrogen-bond donors (Lipinski definition) is 2. The molecule has 2 N–H and O–H groups in total. The number of carboxylic acids is 1. The first-order valence-corrected chi connectivity index (χ1v) is 8.88. The van der Waals surface area contributed by atoms with Crippen molar-refractivity contribution in [3.8, 4) is 0 Å². The summed E-state index contributed by atoms with van der Waals surface area (Å²) in [6.45, 7) is 7.43. The van der Waals surface area contributed by atoms with Crippen LogP contribution in [-0.2, 0) is 10.0 Å². The second-order valence-electron chi connectivity index (χ2n) is 5.53. The third-order valence-electron chi connectivity index (χ3n) is 3.04. The Morgan fingerprint density at radius 3 is 2.38 bits per heavy atom. The molecule has 1 unspecified atom stereocenters. The summed E-state index contributed by atoms with van der Waals surface area (Å²) in [5, 5.41) is 9.15. The summed E-state index contributed by atoms with van der Waals surface area (Å²) in [7, 11) is -3.74. The van der Waals surface area contributed by atoms with Gasteiger partial charge in [0.2, 0.25) is 10.0 Å². The minimum Gasteiger partial charge on any atom is -0.478 e. The summed E-state index contributed by atoms with van der Waals surface area (Å²) < 4.78 is 27.7. The zero-order chi connectivity index (χ0) is 16.4. The molecule has 0 aromatic heterocycles. The number of sulfonamides is 1. The van der Waals surface area contributed by atoms with E-state index in [1.165, 1.54) is 12.1 Å². The Kier molecular flexibility index (Phi) is 5.95. The highest BCUT2D eigenvalue weighted by Gasteiger charge is 2.22. The highest BCUT2D eigenvalue weighted by Crippen LogP contribution is 2.25. The lowest BCUT2D eigenvalue weighted by Crippen LogP contribution is -2.33. The molecule has 0 heterocycles. The molecule has 7 heteroatoms. The number of halogens is 1. The Morgan fingerprint density at radius 1 is 1.33 bits per heavy atom. The first-order valence-electron chi connectivity index (χ1n) is 6.60. The molecule has 5 nitrogen and oxygen atoms in total. The molecule has 1 aromatic rings. The number of hydrogen-bond acceptors (Lipinski definition) is 3. The topological polar surface area (TPSA) is 83.5 Å². The van der Waals surface area contributed by atoms with Crippen molar-refractivity contribution in [1.29, 1.82) is 0 Å². The van der Waals surface area contributed by atoms with Crippen molar-refractivity contribution in [1.82, 2.24) is 4.72 Å². The molecule has 0 amide bonds. The van der Waals surface area contributed by atoms with Crippen LogP contribution in [0.5, 0.6) is 0 Å². The van der Waals surface area contributed by atoms with Crippen molar-refractivity contribution in [2.75, 3.05) is 0 Å². The Bertz CT molecular complexity index is 641. The number of carboxylic acid groups (broad SMARTS) is 1. The van der Waals surface area contributed by atoms with Gasteiger partial charge in [0, 0.05) is 10.5 Å². The summed E-state index contributed by atoms with van der Waals surface area (Å²) in [4.78, 5) is 11.1. The van der Waals surface area contributed by atoms with E-state index in [0.717, 1.165) is 0 Å². The minimum atomic E-state index is -3.74. The van der Waals surface area contributed by atoms with Crippen molar-refractivity contribution >= 4 is 31.9 Å². The molecular formula is C14H20BrNO4S. The molecule has 0 radical (unpaired) electrons. The summed E-state index contributed by atoms with van der Waals surface area (Å²) in [5.41, 5.74) is 0.470. The first kappa shape index (κ1) is 18.1. The normalized spacial score (nSPS) is 13.4. The fourth-order valence-electron chi connectivity index (χ4n) is 2.12. The van der Waals surface area contributed by atoms with Gasteiger partial charge in [0.05, 0.1) is 10.5 Å². The molecule has 1 atom stereocenters. The van der Waals surface area contributed by atoms with Gasteiger partial charge in [0.15, 0.2) is 0 Å². The molecule has 0 spiro atoms. The van der Waals surface area contributed by atoms with E-state index in [9.17, 15) is 13.2 Å². The maximum absolute atomic E-state index is 12.3. The second-order valence-corrected chi connectivity index (χ2v) is 8.10. The van der Waals surface area contributed by atoms with Crippen LogP contribution >= 0.6 is 15.9 Å². The van der Waals surface area contributed by atoms with Gasteiger partial charge < -0.3 is 5.11 Å². The maximum atomic E-state index is 12.3. The van der Waals surface area contributed by atoms with Crippen molar-refractivity contribution in [2.45, 2.75) is 45.1 Å². The third-order valence-corrected chi connectivity index (χ3v) is 5.43. The highest BCUT2D eigenvalue weighted by atomic mass is 79.9. The van der Waals surface area contributed by atoms with E-state index in [0.29, 0.717) is 22.4 Å². The zero-order valence-corrected chi connectivity index (χ0v) is 14.9. The summed E-state index contributed by atoms with van der Waals surface area (Å²) >= 11 is 3.21. The Morgan fingerprint density at radius 2 is 1.90 bits per heavy atom. The van der Waals surface area contributed by atoms with Crippen LogP contribution in [0.3, 0.4) is 0 Å². The van der Waals surface area contributed by atoms with E-state index >= 15 is 0 Å². The van der Waals surface area contributed by atoms with Gasteiger partial charge in [-0.25, -0.2) is 17.9 Å².